The number of amides is 1. The fraction of sp³-hybridized carbons (Fsp3) is 0.346. The predicted octanol–water partition coefficient (Wildman–Crippen LogP) is 3.50. The Bertz CT molecular complexity index is 1680. The lowest BCUT2D eigenvalue weighted by Gasteiger charge is -2.29. The molecule has 2 aliphatic heterocycles. The highest BCUT2D eigenvalue weighted by Gasteiger charge is 2.36. The first-order chi connectivity index (χ1) is 19.7. The quantitative estimate of drug-likeness (QED) is 0.325. The number of fused-ring (bicyclic) bond motifs is 1. The van der Waals surface area contributed by atoms with Crippen LogP contribution in [0.4, 0.5) is 19.6 Å². The zero-order chi connectivity index (χ0) is 28.7. The van der Waals surface area contributed by atoms with E-state index in [0.29, 0.717) is 42.3 Å². The molecular weight excluding hydrogens is 578 g/mol. The van der Waals surface area contributed by atoms with Crippen LogP contribution in [0.25, 0.3) is 5.65 Å². The summed E-state index contributed by atoms with van der Waals surface area (Å²) in [5, 5.41) is 1.80. The highest BCUT2D eigenvalue weighted by molar-refractivity contribution is 7.91. The number of hydrogen-bond acceptors (Lipinski definition) is 9. The minimum absolute atomic E-state index is 0.0296. The fourth-order valence-corrected chi connectivity index (χ4v) is 6.72. The molecule has 6 rings (SSSR count). The molecule has 1 amide bonds. The van der Waals surface area contributed by atoms with Crippen LogP contribution in [0.1, 0.15) is 34.9 Å². The number of nitrogens with one attached hydrogen (secondary N) is 1. The van der Waals surface area contributed by atoms with Crippen LogP contribution in [-0.2, 0) is 14.9 Å². The van der Waals surface area contributed by atoms with Crippen LogP contribution < -0.4 is 18.7 Å². The SMILES string of the molecule is CN(c1nccs1)S(=O)(=O)NC(=O)c1cnc2ccc(N3C[C@@H](F)C[C@@H]3c3cc(F)ccc3O[C@@H]3CCOC3)cn12. The van der Waals surface area contributed by atoms with Crippen LogP contribution in [0.3, 0.4) is 0 Å². The number of rotatable bonds is 8. The third kappa shape index (κ3) is 5.44. The van der Waals surface area contributed by atoms with Gasteiger partial charge in [-0.05, 0) is 30.3 Å². The number of carbonyl (C=O) groups excluding carboxylic acids is 1. The smallest absolute Gasteiger partial charge is 0.328 e. The minimum Gasteiger partial charge on any atom is -0.488 e. The predicted molar refractivity (Wildman–Crippen MR) is 148 cm³/mol. The molecule has 1 aromatic carbocycles. The maximum absolute atomic E-state index is 14.9. The molecule has 0 spiro atoms. The van der Waals surface area contributed by atoms with E-state index in [0.717, 1.165) is 15.6 Å². The van der Waals surface area contributed by atoms with Crippen molar-refractivity contribution in [2.45, 2.75) is 31.2 Å². The Morgan fingerprint density at radius 3 is 2.88 bits per heavy atom. The first-order valence-electron chi connectivity index (χ1n) is 12.8. The lowest BCUT2D eigenvalue weighted by atomic mass is 10.0. The van der Waals surface area contributed by atoms with E-state index in [1.807, 2.05) is 4.72 Å². The summed E-state index contributed by atoms with van der Waals surface area (Å²) in [4.78, 5) is 23.0. The Labute approximate surface area is 238 Å². The lowest BCUT2D eigenvalue weighted by molar-refractivity contribution is 0.0975. The number of nitrogens with zero attached hydrogens (tertiary/aromatic N) is 5. The third-order valence-corrected chi connectivity index (χ3v) is 9.39. The van der Waals surface area contributed by atoms with Gasteiger partial charge >= 0.3 is 10.2 Å². The summed E-state index contributed by atoms with van der Waals surface area (Å²) in [7, 11) is -2.97. The molecule has 0 radical (unpaired) electrons. The number of alkyl halides is 1. The summed E-state index contributed by atoms with van der Waals surface area (Å²) >= 11 is 1.10. The number of aromatic nitrogens is 3. The van der Waals surface area contributed by atoms with Crippen molar-refractivity contribution in [3.8, 4) is 5.75 Å². The average Bonchev–Trinajstić information content (AvgIpc) is 3.76. The fourth-order valence-electron chi connectivity index (χ4n) is 5.06. The topological polar surface area (TPSA) is 118 Å². The summed E-state index contributed by atoms with van der Waals surface area (Å²) in [6.45, 7) is 1.03. The molecule has 4 aromatic rings. The van der Waals surface area contributed by atoms with Gasteiger partial charge in [-0.3, -0.25) is 9.20 Å². The van der Waals surface area contributed by atoms with E-state index in [4.69, 9.17) is 9.47 Å². The van der Waals surface area contributed by atoms with E-state index in [-0.39, 0.29) is 29.9 Å². The largest absolute Gasteiger partial charge is 0.488 e. The molecule has 3 atom stereocenters. The molecule has 0 bridgehead atoms. The van der Waals surface area contributed by atoms with Gasteiger partial charge in [0.05, 0.1) is 31.1 Å². The summed E-state index contributed by atoms with van der Waals surface area (Å²) in [5.74, 6) is -0.909. The van der Waals surface area contributed by atoms with E-state index in [9.17, 15) is 22.0 Å². The molecule has 11 nitrogen and oxygen atoms in total. The summed E-state index contributed by atoms with van der Waals surface area (Å²) in [6.07, 6.45) is 3.74. The molecule has 0 aliphatic carbocycles. The number of benzene rings is 1. The van der Waals surface area contributed by atoms with Gasteiger partial charge in [0.15, 0.2) is 5.13 Å². The number of imidazole rings is 1. The molecule has 2 aliphatic rings. The molecule has 3 aromatic heterocycles. The van der Waals surface area contributed by atoms with Crippen molar-refractivity contribution in [1.29, 1.82) is 0 Å². The van der Waals surface area contributed by atoms with Crippen molar-refractivity contribution < 1.29 is 31.5 Å². The first kappa shape index (κ1) is 27.4. The van der Waals surface area contributed by atoms with Crippen LogP contribution in [0, 0.1) is 5.82 Å². The molecule has 41 heavy (non-hydrogen) atoms. The first-order valence-corrected chi connectivity index (χ1v) is 15.1. The van der Waals surface area contributed by atoms with Crippen LogP contribution in [0.15, 0.2) is 54.3 Å². The van der Waals surface area contributed by atoms with Crippen molar-refractivity contribution >= 4 is 43.9 Å². The van der Waals surface area contributed by atoms with E-state index >= 15 is 0 Å². The molecule has 2 fully saturated rings. The number of carbonyl (C=O) groups is 1. The second kappa shape index (κ2) is 10.9. The Morgan fingerprint density at radius 1 is 1.27 bits per heavy atom. The molecule has 5 heterocycles. The van der Waals surface area contributed by atoms with Crippen molar-refractivity contribution in [2.24, 2.45) is 0 Å². The van der Waals surface area contributed by atoms with E-state index in [1.165, 1.54) is 36.0 Å². The van der Waals surface area contributed by atoms with Crippen LogP contribution in [0.2, 0.25) is 0 Å². The van der Waals surface area contributed by atoms with Gasteiger partial charge in [-0.2, -0.15) is 8.42 Å². The van der Waals surface area contributed by atoms with Crippen LogP contribution >= 0.6 is 11.3 Å². The van der Waals surface area contributed by atoms with Gasteiger partial charge in [0, 0.05) is 49.8 Å². The summed E-state index contributed by atoms with van der Waals surface area (Å²) in [6, 6.07) is 7.04. The Kier molecular flexibility index (Phi) is 7.25. The number of halogens is 2. The monoisotopic (exact) mass is 604 g/mol. The number of thiazole rings is 1. The molecule has 15 heteroatoms. The minimum atomic E-state index is -4.25. The molecular formula is C26H26F2N6O5S2. The maximum atomic E-state index is 14.9. The Balaban J connectivity index is 1.30. The van der Waals surface area contributed by atoms with E-state index in [2.05, 4.69) is 9.97 Å². The van der Waals surface area contributed by atoms with Gasteiger partial charge in [-0.1, -0.05) is 0 Å². The second-order valence-corrected chi connectivity index (χ2v) is 12.3. The van der Waals surface area contributed by atoms with Gasteiger partial charge in [0.2, 0.25) is 0 Å². The molecule has 0 unspecified atom stereocenters. The molecule has 2 saturated heterocycles. The number of pyridine rings is 1. The van der Waals surface area contributed by atoms with Crippen LogP contribution in [-0.4, -0.2) is 67.8 Å². The second-order valence-electron chi connectivity index (χ2n) is 9.76. The molecule has 1 N–H and O–H groups in total. The average molecular weight is 605 g/mol. The maximum Gasteiger partial charge on any atom is 0.328 e. The van der Waals surface area contributed by atoms with Crippen molar-refractivity contribution in [2.75, 3.05) is 36.0 Å². The lowest BCUT2D eigenvalue weighted by Crippen LogP contribution is -2.42. The molecule has 0 saturated carbocycles. The Morgan fingerprint density at radius 2 is 2.12 bits per heavy atom. The van der Waals surface area contributed by atoms with E-state index < -0.39 is 34.1 Å². The van der Waals surface area contributed by atoms with Gasteiger partial charge < -0.3 is 14.4 Å². The van der Waals surface area contributed by atoms with Crippen molar-refractivity contribution in [3.63, 3.8) is 0 Å². The van der Waals surface area contributed by atoms with Gasteiger partial charge in [-0.15, -0.1) is 11.3 Å². The van der Waals surface area contributed by atoms with Crippen molar-refractivity contribution in [3.05, 3.63) is 71.4 Å². The number of hydrogen-bond donors (Lipinski definition) is 1. The summed E-state index contributed by atoms with van der Waals surface area (Å²) in [5.41, 5.74) is 1.39. The third-order valence-electron chi connectivity index (χ3n) is 7.09. The van der Waals surface area contributed by atoms with E-state index in [1.54, 1.807) is 34.7 Å². The summed E-state index contributed by atoms with van der Waals surface area (Å²) < 4.78 is 70.8. The zero-order valence-corrected chi connectivity index (χ0v) is 23.4. The van der Waals surface area contributed by atoms with Gasteiger partial charge in [-0.25, -0.2) is 27.8 Å². The highest BCUT2D eigenvalue weighted by Crippen LogP contribution is 2.42. The highest BCUT2D eigenvalue weighted by atomic mass is 32.2. The van der Waals surface area contributed by atoms with Crippen LogP contribution in [0.5, 0.6) is 5.75 Å². The van der Waals surface area contributed by atoms with Crippen molar-refractivity contribution in [1.82, 2.24) is 19.1 Å². The number of ether oxygens (including phenoxy) is 2. The van der Waals surface area contributed by atoms with Gasteiger partial charge in [0.25, 0.3) is 5.91 Å². The standard InChI is InChI=1S/C26H26F2N6O5S2/c1-32(26-29-7-9-40-26)41(36,37)31-25(35)22-12-30-24-5-3-18(14-34(22)24)33-13-17(28)11-21(33)20-10-16(27)2-4-23(20)39-19-6-8-38-15-19/h2-5,7,9-10,12,14,17,19,21H,6,8,11,13,15H2,1H3,(H,31,35)/t17-,19+,21+/m0/s1. The number of anilines is 2. The van der Waals surface area contributed by atoms with Gasteiger partial charge in [0.1, 0.15) is 35.2 Å². The Hall–Kier alpha value is -3.82. The normalized spacial score (nSPS) is 21.0. The molecule has 216 valence electrons. The zero-order valence-electron chi connectivity index (χ0n) is 21.8.